The van der Waals surface area contributed by atoms with Crippen LogP contribution in [0.15, 0.2) is 0 Å². The number of unbranched alkanes of at least 4 members (excludes halogenated alkanes) is 15. The van der Waals surface area contributed by atoms with Crippen LogP contribution in [0.3, 0.4) is 0 Å². The van der Waals surface area contributed by atoms with E-state index in [0.29, 0.717) is 6.42 Å². The number of hydrogen-bond acceptors (Lipinski definition) is 4. The van der Waals surface area contributed by atoms with E-state index in [0.717, 1.165) is 12.8 Å². The zero-order valence-corrected chi connectivity index (χ0v) is 18.9. The Bertz CT molecular complexity index is 368. The van der Waals surface area contributed by atoms with Gasteiger partial charge < -0.3 is 9.47 Å². The molecule has 0 aliphatic heterocycles. The van der Waals surface area contributed by atoms with E-state index in [1.165, 1.54) is 96.8 Å². The molecule has 0 fully saturated rings. The Labute approximate surface area is 174 Å². The van der Waals surface area contributed by atoms with Crippen LogP contribution in [0.2, 0.25) is 0 Å². The van der Waals surface area contributed by atoms with E-state index in [9.17, 15) is 9.59 Å². The van der Waals surface area contributed by atoms with Crippen LogP contribution < -0.4 is 0 Å². The minimum atomic E-state index is -0.368. The maximum Gasteiger partial charge on any atom is 0.305 e. The lowest BCUT2D eigenvalue weighted by atomic mass is 10.0. The molecule has 0 bridgehead atoms. The summed E-state index contributed by atoms with van der Waals surface area (Å²) >= 11 is 0. The summed E-state index contributed by atoms with van der Waals surface area (Å²) < 4.78 is 10.0. The summed E-state index contributed by atoms with van der Waals surface area (Å²) in [6.45, 7) is 5.50. The van der Waals surface area contributed by atoms with Gasteiger partial charge in [-0.25, -0.2) is 0 Å². The van der Waals surface area contributed by atoms with Gasteiger partial charge >= 0.3 is 11.9 Å². The largest absolute Gasteiger partial charge is 0.462 e. The minimum absolute atomic E-state index is 0.150. The van der Waals surface area contributed by atoms with Crippen molar-refractivity contribution in [2.24, 2.45) is 0 Å². The third-order valence-corrected chi connectivity index (χ3v) is 5.08. The van der Waals surface area contributed by atoms with Crippen molar-refractivity contribution in [2.45, 2.75) is 136 Å². The Morgan fingerprint density at radius 1 is 0.679 bits per heavy atom. The second-order valence-electron chi connectivity index (χ2n) is 8.16. The smallest absolute Gasteiger partial charge is 0.305 e. The molecule has 4 nitrogen and oxygen atoms in total. The van der Waals surface area contributed by atoms with Gasteiger partial charge in [0, 0.05) is 13.3 Å². The molecule has 0 radical (unpaired) electrons. The molecule has 0 amide bonds. The summed E-state index contributed by atoms with van der Waals surface area (Å²) in [5.41, 5.74) is 0. The normalized spacial score (nSPS) is 12.0. The van der Waals surface area contributed by atoms with Gasteiger partial charge in [-0.2, -0.15) is 0 Å². The van der Waals surface area contributed by atoms with Crippen LogP contribution in [-0.2, 0) is 19.1 Å². The van der Waals surface area contributed by atoms with Crippen molar-refractivity contribution in [3.05, 3.63) is 0 Å². The molecule has 0 N–H and O–H groups in total. The zero-order valence-electron chi connectivity index (χ0n) is 18.9. The molecule has 0 rings (SSSR count). The number of hydrogen-bond donors (Lipinski definition) is 0. The first kappa shape index (κ1) is 26.9. The number of esters is 2. The van der Waals surface area contributed by atoms with Gasteiger partial charge in [0.2, 0.25) is 0 Å². The van der Waals surface area contributed by atoms with Gasteiger partial charge in [0.05, 0.1) is 0 Å². The molecule has 1 unspecified atom stereocenters. The molecule has 0 spiro atoms. The number of ether oxygens (including phenoxy) is 2. The lowest BCUT2D eigenvalue weighted by molar-refractivity contribution is -0.156. The average Bonchev–Trinajstić information content (AvgIpc) is 2.65. The van der Waals surface area contributed by atoms with E-state index in [2.05, 4.69) is 6.92 Å². The molecule has 0 aromatic carbocycles. The Morgan fingerprint density at radius 2 is 1.07 bits per heavy atom. The molecule has 0 saturated heterocycles. The molecule has 0 aliphatic carbocycles. The second-order valence-corrected chi connectivity index (χ2v) is 8.16. The number of carbonyl (C=O) groups is 2. The SMILES string of the molecule is CCCCCCCCCCCCCCCCCCC(=O)OCC(C)OC(C)=O. The molecule has 0 heterocycles. The van der Waals surface area contributed by atoms with Crippen molar-refractivity contribution in [2.75, 3.05) is 6.61 Å². The highest BCUT2D eigenvalue weighted by Gasteiger charge is 2.09. The number of carbonyl (C=O) groups excluding carboxylic acids is 2. The summed E-state index contributed by atoms with van der Waals surface area (Å²) in [6.07, 6.45) is 21.3. The predicted octanol–water partition coefficient (Wildman–Crippen LogP) is 7.13. The Kier molecular flexibility index (Phi) is 19.9. The lowest BCUT2D eigenvalue weighted by Crippen LogP contribution is -2.21. The molecule has 166 valence electrons. The standard InChI is InChI=1S/C24H46O4/c1-4-5-6-7-8-9-10-11-12-13-14-15-16-17-18-19-20-24(26)27-21-22(2)28-23(3)25/h22H,4-21H2,1-3H3. The molecule has 1 atom stereocenters. The van der Waals surface area contributed by atoms with Crippen molar-refractivity contribution in [3.63, 3.8) is 0 Å². The molecule has 0 saturated carbocycles. The maximum atomic E-state index is 11.6. The average molecular weight is 399 g/mol. The van der Waals surface area contributed by atoms with E-state index >= 15 is 0 Å². The minimum Gasteiger partial charge on any atom is -0.462 e. The van der Waals surface area contributed by atoms with E-state index in [1.54, 1.807) is 6.92 Å². The molecule has 4 heteroatoms. The molecule has 28 heavy (non-hydrogen) atoms. The predicted molar refractivity (Wildman–Crippen MR) is 116 cm³/mol. The highest BCUT2D eigenvalue weighted by atomic mass is 16.6. The molecule has 0 aliphatic rings. The van der Waals surface area contributed by atoms with Crippen molar-refractivity contribution >= 4 is 11.9 Å². The zero-order chi connectivity index (χ0) is 20.9. The first-order valence-electron chi connectivity index (χ1n) is 11.9. The van der Waals surface area contributed by atoms with Gasteiger partial charge in [-0.15, -0.1) is 0 Å². The lowest BCUT2D eigenvalue weighted by Gasteiger charge is -2.12. The van der Waals surface area contributed by atoms with E-state index in [4.69, 9.17) is 9.47 Å². The van der Waals surface area contributed by atoms with Crippen molar-refractivity contribution < 1.29 is 19.1 Å². The van der Waals surface area contributed by atoms with Gasteiger partial charge in [-0.05, 0) is 13.3 Å². The first-order valence-corrected chi connectivity index (χ1v) is 11.9. The fraction of sp³-hybridized carbons (Fsp3) is 0.917. The van der Waals surface area contributed by atoms with E-state index in [-0.39, 0.29) is 24.6 Å². The summed E-state index contributed by atoms with van der Waals surface area (Å²) in [6, 6.07) is 0. The Hall–Kier alpha value is -1.06. The first-order chi connectivity index (χ1) is 13.6. The second kappa shape index (κ2) is 20.7. The van der Waals surface area contributed by atoms with Crippen LogP contribution in [0.1, 0.15) is 130 Å². The molecular weight excluding hydrogens is 352 g/mol. The van der Waals surface area contributed by atoms with Crippen LogP contribution in [0.25, 0.3) is 0 Å². The molecular formula is C24H46O4. The summed E-state index contributed by atoms with van der Waals surface area (Å²) in [7, 11) is 0. The Balaban J connectivity index is 3.21. The molecule has 0 aromatic rings. The highest BCUT2D eigenvalue weighted by molar-refractivity contribution is 5.69. The van der Waals surface area contributed by atoms with E-state index < -0.39 is 0 Å². The van der Waals surface area contributed by atoms with Gasteiger partial charge in [-0.3, -0.25) is 9.59 Å². The van der Waals surface area contributed by atoms with Gasteiger partial charge in [0.1, 0.15) is 12.7 Å². The summed E-state index contributed by atoms with van der Waals surface area (Å²) in [4.78, 5) is 22.4. The summed E-state index contributed by atoms with van der Waals surface area (Å²) in [5.74, 6) is -0.536. The monoisotopic (exact) mass is 398 g/mol. The fourth-order valence-corrected chi connectivity index (χ4v) is 3.42. The third-order valence-electron chi connectivity index (χ3n) is 5.08. The van der Waals surface area contributed by atoms with Crippen LogP contribution in [0.5, 0.6) is 0 Å². The van der Waals surface area contributed by atoms with Gasteiger partial charge in [0.15, 0.2) is 0 Å². The van der Waals surface area contributed by atoms with Crippen molar-refractivity contribution in [3.8, 4) is 0 Å². The van der Waals surface area contributed by atoms with E-state index in [1.807, 2.05) is 0 Å². The van der Waals surface area contributed by atoms with Crippen LogP contribution >= 0.6 is 0 Å². The van der Waals surface area contributed by atoms with Gasteiger partial charge in [0.25, 0.3) is 0 Å². The maximum absolute atomic E-state index is 11.6. The van der Waals surface area contributed by atoms with Crippen molar-refractivity contribution in [1.29, 1.82) is 0 Å². The third kappa shape index (κ3) is 21.2. The Morgan fingerprint density at radius 3 is 1.46 bits per heavy atom. The van der Waals surface area contributed by atoms with Crippen LogP contribution in [0.4, 0.5) is 0 Å². The highest BCUT2D eigenvalue weighted by Crippen LogP contribution is 2.14. The number of rotatable bonds is 20. The topological polar surface area (TPSA) is 52.6 Å². The van der Waals surface area contributed by atoms with Gasteiger partial charge in [-0.1, -0.05) is 103 Å². The summed E-state index contributed by atoms with van der Waals surface area (Å²) in [5, 5.41) is 0. The quantitative estimate of drug-likeness (QED) is 0.162. The molecule has 0 aromatic heterocycles. The van der Waals surface area contributed by atoms with Crippen LogP contribution in [0, 0.1) is 0 Å². The fourth-order valence-electron chi connectivity index (χ4n) is 3.42. The van der Waals surface area contributed by atoms with Crippen LogP contribution in [-0.4, -0.2) is 24.6 Å². The van der Waals surface area contributed by atoms with Crippen molar-refractivity contribution in [1.82, 2.24) is 0 Å².